The quantitative estimate of drug-likeness (QED) is 0.285. The number of esters is 1. The topological polar surface area (TPSA) is 125 Å². The molecule has 0 unspecified atom stereocenters. The Morgan fingerprint density at radius 1 is 1.00 bits per heavy atom. The van der Waals surface area contributed by atoms with Crippen LogP contribution in [0.4, 0.5) is 5.69 Å². The summed E-state index contributed by atoms with van der Waals surface area (Å²) in [4.78, 5) is 30.0. The van der Waals surface area contributed by atoms with Crippen LogP contribution in [0.5, 0.6) is 11.5 Å². The average molecular weight is 590 g/mol. The van der Waals surface area contributed by atoms with Crippen molar-refractivity contribution in [3.63, 3.8) is 0 Å². The molecule has 1 aromatic heterocycles. The molecular weight excluding hydrogens is 566 g/mol. The van der Waals surface area contributed by atoms with Crippen molar-refractivity contribution in [1.82, 2.24) is 4.57 Å². The molecular formula is C26H24ClN3O7S2. The van der Waals surface area contributed by atoms with Gasteiger partial charge in [-0.05, 0) is 55.5 Å². The zero-order chi connectivity index (χ0) is 28.2. The average Bonchev–Trinajstić information content (AvgIpc) is 3.23. The lowest BCUT2D eigenvalue weighted by Crippen LogP contribution is -2.23. The van der Waals surface area contributed by atoms with Crippen LogP contribution in [-0.2, 0) is 26.1 Å². The van der Waals surface area contributed by atoms with Gasteiger partial charge in [-0.1, -0.05) is 22.9 Å². The zero-order valence-electron chi connectivity index (χ0n) is 21.1. The van der Waals surface area contributed by atoms with Gasteiger partial charge in [0.2, 0.25) is 0 Å². The van der Waals surface area contributed by atoms with Gasteiger partial charge >= 0.3 is 5.97 Å². The molecule has 0 atom stereocenters. The van der Waals surface area contributed by atoms with E-state index in [2.05, 4.69) is 9.71 Å². The number of hydrogen-bond donors (Lipinski definition) is 1. The van der Waals surface area contributed by atoms with E-state index < -0.39 is 21.9 Å². The lowest BCUT2D eigenvalue weighted by atomic mass is 10.2. The van der Waals surface area contributed by atoms with Crippen LogP contribution < -0.4 is 19.0 Å². The van der Waals surface area contributed by atoms with Gasteiger partial charge in [-0.2, -0.15) is 4.99 Å². The molecule has 10 nitrogen and oxygen atoms in total. The highest BCUT2D eigenvalue weighted by Crippen LogP contribution is 2.33. The molecule has 0 saturated carbocycles. The number of halogens is 1. The molecule has 1 heterocycles. The van der Waals surface area contributed by atoms with Crippen molar-refractivity contribution in [3.8, 4) is 11.5 Å². The Morgan fingerprint density at radius 2 is 1.64 bits per heavy atom. The number of thiazole rings is 1. The number of carbonyl (C=O) groups is 2. The van der Waals surface area contributed by atoms with Crippen LogP contribution in [0.15, 0.2) is 70.6 Å². The Kier molecular flexibility index (Phi) is 8.58. The van der Waals surface area contributed by atoms with Crippen LogP contribution in [0.2, 0.25) is 5.02 Å². The number of anilines is 1. The summed E-state index contributed by atoms with van der Waals surface area (Å²) in [7, 11) is -0.831. The highest BCUT2D eigenvalue weighted by Gasteiger charge is 2.17. The van der Waals surface area contributed by atoms with E-state index in [1.807, 2.05) is 0 Å². The number of fused-ring (bicyclic) bond motifs is 1. The molecule has 0 radical (unpaired) electrons. The minimum Gasteiger partial charge on any atom is -0.493 e. The van der Waals surface area contributed by atoms with Crippen molar-refractivity contribution in [2.24, 2.45) is 4.99 Å². The first-order valence-electron chi connectivity index (χ1n) is 11.5. The number of benzene rings is 3. The molecule has 0 fully saturated rings. The van der Waals surface area contributed by atoms with Crippen molar-refractivity contribution < 1.29 is 32.2 Å². The molecule has 4 rings (SSSR count). The second-order valence-corrected chi connectivity index (χ2v) is 11.1. The normalized spacial score (nSPS) is 11.8. The van der Waals surface area contributed by atoms with Crippen molar-refractivity contribution >= 4 is 60.7 Å². The monoisotopic (exact) mass is 589 g/mol. The molecule has 0 aliphatic rings. The van der Waals surface area contributed by atoms with Gasteiger partial charge in [0, 0.05) is 28.4 Å². The highest BCUT2D eigenvalue weighted by atomic mass is 35.5. The molecule has 0 aliphatic heterocycles. The molecule has 0 bridgehead atoms. The fourth-order valence-corrected chi connectivity index (χ4v) is 5.85. The predicted octanol–water partition coefficient (Wildman–Crippen LogP) is 4.48. The molecule has 13 heteroatoms. The molecule has 4 aromatic rings. The first kappa shape index (κ1) is 28.1. The largest absolute Gasteiger partial charge is 0.493 e. The Bertz CT molecular complexity index is 1690. The van der Waals surface area contributed by atoms with Crippen molar-refractivity contribution in [2.45, 2.75) is 18.4 Å². The van der Waals surface area contributed by atoms with Crippen LogP contribution in [0.3, 0.4) is 0 Å². The standard InChI is InChI=1S/C26H24ClN3O7S2/c1-4-37-24(31)15-30-20-13-21(35-2)22(36-3)14-23(20)38-26(30)28-25(32)16-5-9-18(10-6-16)29-39(33,34)19-11-7-17(27)8-12-19/h5-14,29H,4,15H2,1-3H3. The van der Waals surface area contributed by atoms with Crippen molar-refractivity contribution in [1.29, 1.82) is 0 Å². The fourth-order valence-electron chi connectivity index (χ4n) is 3.63. The third kappa shape index (κ3) is 6.41. The molecule has 0 aliphatic carbocycles. The van der Waals surface area contributed by atoms with Gasteiger partial charge in [0.1, 0.15) is 6.54 Å². The number of carbonyl (C=O) groups excluding carboxylic acids is 2. The second kappa shape index (κ2) is 11.9. The number of amides is 1. The van der Waals surface area contributed by atoms with Crippen LogP contribution in [0.25, 0.3) is 10.2 Å². The number of aromatic nitrogens is 1. The zero-order valence-corrected chi connectivity index (χ0v) is 23.5. The van der Waals surface area contributed by atoms with E-state index in [1.165, 1.54) is 74.1 Å². The number of methoxy groups -OCH3 is 2. The van der Waals surface area contributed by atoms with Crippen LogP contribution in [-0.4, -0.2) is 45.7 Å². The van der Waals surface area contributed by atoms with Gasteiger partial charge in [0.05, 0.1) is 35.9 Å². The number of hydrogen-bond acceptors (Lipinski definition) is 8. The SMILES string of the molecule is CCOC(=O)Cn1c(=NC(=O)c2ccc(NS(=O)(=O)c3ccc(Cl)cc3)cc2)sc2cc(OC)c(OC)cc21. The summed E-state index contributed by atoms with van der Waals surface area (Å²) < 4.78 is 45.9. The van der Waals surface area contributed by atoms with E-state index in [0.29, 0.717) is 22.0 Å². The number of nitrogens with zero attached hydrogens (tertiary/aromatic N) is 2. The first-order chi connectivity index (χ1) is 18.6. The predicted molar refractivity (Wildman–Crippen MR) is 148 cm³/mol. The summed E-state index contributed by atoms with van der Waals surface area (Å²) in [5.74, 6) is -0.123. The van der Waals surface area contributed by atoms with E-state index in [4.69, 9.17) is 25.8 Å². The van der Waals surface area contributed by atoms with E-state index in [-0.39, 0.29) is 34.1 Å². The van der Waals surface area contributed by atoms with E-state index in [0.717, 1.165) is 4.70 Å². The van der Waals surface area contributed by atoms with Gasteiger partial charge in [0.15, 0.2) is 16.3 Å². The van der Waals surface area contributed by atoms with Crippen LogP contribution >= 0.6 is 22.9 Å². The molecule has 0 spiro atoms. The van der Waals surface area contributed by atoms with Crippen molar-refractivity contribution in [2.75, 3.05) is 25.5 Å². The van der Waals surface area contributed by atoms with Crippen LogP contribution in [0.1, 0.15) is 17.3 Å². The van der Waals surface area contributed by atoms with E-state index >= 15 is 0 Å². The lowest BCUT2D eigenvalue weighted by Gasteiger charge is -2.09. The van der Waals surface area contributed by atoms with Gasteiger partial charge in [-0.25, -0.2) is 8.42 Å². The highest BCUT2D eigenvalue weighted by molar-refractivity contribution is 7.92. The summed E-state index contributed by atoms with van der Waals surface area (Å²) >= 11 is 7.03. The van der Waals surface area contributed by atoms with Gasteiger partial charge < -0.3 is 18.8 Å². The third-order valence-electron chi connectivity index (χ3n) is 5.49. The molecule has 3 aromatic carbocycles. The summed E-state index contributed by atoms with van der Waals surface area (Å²) in [6, 6.07) is 15.0. The number of sulfonamides is 1. The summed E-state index contributed by atoms with van der Waals surface area (Å²) in [5.41, 5.74) is 1.10. The number of nitrogens with one attached hydrogen (secondary N) is 1. The van der Waals surface area contributed by atoms with Gasteiger partial charge in [-0.15, -0.1) is 0 Å². The first-order valence-corrected chi connectivity index (χ1v) is 14.2. The van der Waals surface area contributed by atoms with Crippen LogP contribution in [0, 0.1) is 0 Å². The Balaban J connectivity index is 1.66. The Morgan fingerprint density at radius 3 is 2.26 bits per heavy atom. The minimum absolute atomic E-state index is 0.0474. The second-order valence-electron chi connectivity index (χ2n) is 8.00. The molecule has 0 saturated heterocycles. The molecule has 39 heavy (non-hydrogen) atoms. The summed E-state index contributed by atoms with van der Waals surface area (Å²) in [6.45, 7) is 1.75. The minimum atomic E-state index is -3.84. The van der Waals surface area contributed by atoms with E-state index in [1.54, 1.807) is 23.6 Å². The summed E-state index contributed by atoms with van der Waals surface area (Å²) in [6.07, 6.45) is 0. The molecule has 1 amide bonds. The smallest absolute Gasteiger partial charge is 0.326 e. The number of ether oxygens (including phenoxy) is 3. The van der Waals surface area contributed by atoms with Crippen molar-refractivity contribution in [3.05, 3.63) is 76.1 Å². The Hall–Kier alpha value is -3.87. The molecule has 1 N–H and O–H groups in total. The lowest BCUT2D eigenvalue weighted by molar-refractivity contribution is -0.143. The summed E-state index contributed by atoms with van der Waals surface area (Å²) in [5, 5.41) is 0.418. The maximum Gasteiger partial charge on any atom is 0.326 e. The van der Waals surface area contributed by atoms with Gasteiger partial charge in [-0.3, -0.25) is 14.3 Å². The van der Waals surface area contributed by atoms with Gasteiger partial charge in [0.25, 0.3) is 15.9 Å². The fraction of sp³-hybridized carbons (Fsp3) is 0.192. The maximum absolute atomic E-state index is 13.1. The maximum atomic E-state index is 13.1. The molecule has 204 valence electrons. The third-order valence-corrected chi connectivity index (χ3v) is 8.18. The Labute approximate surface area is 233 Å². The number of rotatable bonds is 9. The van der Waals surface area contributed by atoms with E-state index in [9.17, 15) is 18.0 Å².